The summed E-state index contributed by atoms with van der Waals surface area (Å²) >= 11 is 0. The average molecular weight is 414 g/mol. The van der Waals surface area contributed by atoms with Gasteiger partial charge in [-0.3, -0.25) is 0 Å². The molecule has 0 saturated heterocycles. The van der Waals surface area contributed by atoms with Crippen molar-refractivity contribution < 1.29 is 4.74 Å². The molecule has 1 aliphatic carbocycles. The zero-order valence-electron chi connectivity index (χ0n) is 18.6. The minimum atomic E-state index is 0.242. The van der Waals surface area contributed by atoms with Crippen molar-refractivity contribution in [3.63, 3.8) is 0 Å². The maximum atomic E-state index is 6.22. The molecule has 0 aromatic heterocycles. The molecule has 2 heteroatoms. The van der Waals surface area contributed by atoms with Gasteiger partial charge in [0.2, 0.25) is 0 Å². The Bertz CT molecular complexity index is 896. The monoisotopic (exact) mass is 413 g/mol. The topological polar surface area (TPSA) is 35.2 Å². The van der Waals surface area contributed by atoms with Gasteiger partial charge in [-0.25, -0.2) is 0 Å². The maximum Gasteiger partial charge on any atom is 0.119 e. The Labute approximate surface area is 187 Å². The summed E-state index contributed by atoms with van der Waals surface area (Å²) in [6.07, 6.45) is 6.16. The zero-order valence-corrected chi connectivity index (χ0v) is 18.6. The van der Waals surface area contributed by atoms with Gasteiger partial charge in [0.1, 0.15) is 12.4 Å². The van der Waals surface area contributed by atoms with Crippen LogP contribution in [-0.2, 0) is 6.61 Å². The maximum absolute atomic E-state index is 6.22. The first kappa shape index (κ1) is 21.6. The van der Waals surface area contributed by atoms with Gasteiger partial charge < -0.3 is 10.5 Å². The predicted octanol–water partition coefficient (Wildman–Crippen LogP) is 7.06. The summed E-state index contributed by atoms with van der Waals surface area (Å²) in [5.41, 5.74) is 10.3. The van der Waals surface area contributed by atoms with Gasteiger partial charge in [-0.05, 0) is 85.6 Å². The highest BCUT2D eigenvalue weighted by molar-refractivity contribution is 5.30. The van der Waals surface area contributed by atoms with E-state index in [2.05, 4.69) is 85.8 Å². The second-order valence-electron chi connectivity index (χ2n) is 9.19. The van der Waals surface area contributed by atoms with Crippen molar-refractivity contribution in [3.05, 3.63) is 102 Å². The van der Waals surface area contributed by atoms with E-state index in [9.17, 15) is 0 Å². The minimum absolute atomic E-state index is 0.242. The summed E-state index contributed by atoms with van der Waals surface area (Å²) in [7, 11) is 0. The van der Waals surface area contributed by atoms with Crippen LogP contribution in [0.4, 0.5) is 0 Å². The third-order valence-corrected chi connectivity index (χ3v) is 6.79. The number of ether oxygens (including phenoxy) is 1. The highest BCUT2D eigenvalue weighted by Gasteiger charge is 2.29. The quantitative estimate of drug-likeness (QED) is 0.429. The first-order valence-corrected chi connectivity index (χ1v) is 11.8. The Morgan fingerprint density at radius 1 is 0.806 bits per heavy atom. The third-order valence-electron chi connectivity index (χ3n) is 6.79. The van der Waals surface area contributed by atoms with E-state index in [1.165, 1.54) is 42.4 Å². The Hall–Kier alpha value is -2.58. The van der Waals surface area contributed by atoms with Crippen LogP contribution >= 0.6 is 0 Å². The fourth-order valence-corrected chi connectivity index (χ4v) is 5.13. The molecule has 0 spiro atoms. The first-order valence-electron chi connectivity index (χ1n) is 11.8. The molecule has 4 rings (SSSR count). The highest BCUT2D eigenvalue weighted by atomic mass is 16.5. The molecule has 2 N–H and O–H groups in total. The standard InChI is InChI=1S/C29H35NO/c1-22(30)20-29(26-10-6-3-7-11-26)27-14-12-24(13-15-27)25-16-18-28(19-17-25)31-21-23-8-4-2-5-9-23/h2-11,16-19,22,24,27,29H,12-15,20-21,30H2,1H3. The van der Waals surface area contributed by atoms with E-state index >= 15 is 0 Å². The van der Waals surface area contributed by atoms with E-state index in [-0.39, 0.29) is 6.04 Å². The summed E-state index contributed by atoms with van der Waals surface area (Å²) in [6, 6.07) is 30.4. The molecule has 1 saturated carbocycles. The zero-order chi connectivity index (χ0) is 21.5. The van der Waals surface area contributed by atoms with Crippen LogP contribution in [-0.4, -0.2) is 6.04 Å². The average Bonchev–Trinajstić information content (AvgIpc) is 2.83. The summed E-state index contributed by atoms with van der Waals surface area (Å²) in [5.74, 6) is 2.92. The van der Waals surface area contributed by atoms with Crippen molar-refractivity contribution in [1.82, 2.24) is 0 Å². The summed E-state index contributed by atoms with van der Waals surface area (Å²) in [6.45, 7) is 2.76. The molecule has 162 valence electrons. The van der Waals surface area contributed by atoms with Gasteiger partial charge in [0.05, 0.1) is 0 Å². The van der Waals surface area contributed by atoms with Gasteiger partial charge in [-0.15, -0.1) is 0 Å². The molecule has 2 nitrogen and oxygen atoms in total. The second-order valence-corrected chi connectivity index (χ2v) is 9.19. The van der Waals surface area contributed by atoms with Crippen LogP contribution < -0.4 is 10.5 Å². The molecule has 0 heterocycles. The largest absolute Gasteiger partial charge is 0.489 e. The third kappa shape index (κ3) is 5.98. The van der Waals surface area contributed by atoms with Gasteiger partial charge >= 0.3 is 0 Å². The predicted molar refractivity (Wildman–Crippen MR) is 129 cm³/mol. The van der Waals surface area contributed by atoms with Crippen LogP contribution in [0, 0.1) is 5.92 Å². The van der Waals surface area contributed by atoms with Gasteiger partial charge in [0.15, 0.2) is 0 Å². The Balaban J connectivity index is 1.33. The van der Waals surface area contributed by atoms with Crippen molar-refractivity contribution in [2.45, 2.75) is 63.5 Å². The van der Waals surface area contributed by atoms with Gasteiger partial charge in [0.25, 0.3) is 0 Å². The van der Waals surface area contributed by atoms with Crippen LogP contribution in [0.3, 0.4) is 0 Å². The van der Waals surface area contributed by atoms with Gasteiger partial charge in [-0.2, -0.15) is 0 Å². The number of nitrogens with two attached hydrogens (primary N) is 1. The lowest BCUT2D eigenvalue weighted by Gasteiger charge is -2.35. The van der Waals surface area contributed by atoms with Crippen molar-refractivity contribution >= 4 is 0 Å². The molecular weight excluding hydrogens is 378 g/mol. The normalized spacial score (nSPS) is 20.7. The van der Waals surface area contributed by atoms with Crippen molar-refractivity contribution in [1.29, 1.82) is 0 Å². The SMILES string of the molecule is CC(N)CC(c1ccccc1)C1CCC(c2ccc(OCc3ccccc3)cc2)CC1. The molecular formula is C29H35NO. The molecule has 0 amide bonds. The molecule has 0 radical (unpaired) electrons. The fraction of sp³-hybridized carbons (Fsp3) is 0.379. The van der Waals surface area contributed by atoms with Crippen LogP contribution in [0.15, 0.2) is 84.9 Å². The minimum Gasteiger partial charge on any atom is -0.489 e. The van der Waals surface area contributed by atoms with E-state index in [0.29, 0.717) is 18.4 Å². The number of hydrogen-bond donors (Lipinski definition) is 1. The summed E-state index contributed by atoms with van der Waals surface area (Å²) in [4.78, 5) is 0. The second kappa shape index (κ2) is 10.6. The van der Waals surface area contributed by atoms with Crippen LogP contribution in [0.25, 0.3) is 0 Å². The number of hydrogen-bond acceptors (Lipinski definition) is 2. The molecule has 2 unspecified atom stereocenters. The summed E-state index contributed by atoms with van der Waals surface area (Å²) < 4.78 is 5.96. The molecule has 0 aliphatic heterocycles. The smallest absolute Gasteiger partial charge is 0.119 e. The molecule has 31 heavy (non-hydrogen) atoms. The Kier molecular flexibility index (Phi) is 7.43. The van der Waals surface area contributed by atoms with Gasteiger partial charge in [0, 0.05) is 6.04 Å². The van der Waals surface area contributed by atoms with E-state index in [0.717, 1.165) is 18.1 Å². The Morgan fingerprint density at radius 3 is 2.03 bits per heavy atom. The lowest BCUT2D eigenvalue weighted by molar-refractivity contribution is 0.266. The molecule has 1 fully saturated rings. The highest BCUT2D eigenvalue weighted by Crippen LogP contribution is 2.43. The first-order chi connectivity index (χ1) is 15.2. The van der Waals surface area contributed by atoms with E-state index in [1.807, 2.05) is 6.07 Å². The molecule has 2 atom stereocenters. The van der Waals surface area contributed by atoms with E-state index in [4.69, 9.17) is 10.5 Å². The number of rotatable bonds is 8. The lowest BCUT2D eigenvalue weighted by atomic mass is 9.70. The van der Waals surface area contributed by atoms with Crippen molar-refractivity contribution in [3.8, 4) is 5.75 Å². The van der Waals surface area contributed by atoms with Crippen LogP contribution in [0.1, 0.15) is 67.6 Å². The fourth-order valence-electron chi connectivity index (χ4n) is 5.13. The van der Waals surface area contributed by atoms with E-state index in [1.54, 1.807) is 0 Å². The summed E-state index contributed by atoms with van der Waals surface area (Å²) in [5, 5.41) is 0. The van der Waals surface area contributed by atoms with Crippen molar-refractivity contribution in [2.24, 2.45) is 11.7 Å². The van der Waals surface area contributed by atoms with Crippen molar-refractivity contribution in [2.75, 3.05) is 0 Å². The molecule has 1 aliphatic rings. The van der Waals surface area contributed by atoms with Crippen LogP contribution in [0.5, 0.6) is 5.75 Å². The molecule has 3 aromatic carbocycles. The Morgan fingerprint density at radius 2 is 1.42 bits per heavy atom. The van der Waals surface area contributed by atoms with Gasteiger partial charge in [-0.1, -0.05) is 72.8 Å². The lowest BCUT2D eigenvalue weighted by Crippen LogP contribution is -2.26. The molecule has 3 aromatic rings. The van der Waals surface area contributed by atoms with Crippen LogP contribution in [0.2, 0.25) is 0 Å². The number of benzene rings is 3. The van der Waals surface area contributed by atoms with E-state index < -0.39 is 0 Å². The molecule has 0 bridgehead atoms.